The first-order valence-corrected chi connectivity index (χ1v) is 3.80. The number of benzene rings is 1. The zero-order valence-electron chi connectivity index (χ0n) is 7.56. The Balaban J connectivity index is 3.44. The van der Waals surface area contributed by atoms with E-state index >= 15 is 0 Å². The maximum atomic E-state index is 13.1. The summed E-state index contributed by atoms with van der Waals surface area (Å²) in [4.78, 5) is 10.3. The van der Waals surface area contributed by atoms with Gasteiger partial charge < -0.3 is 4.74 Å². The van der Waals surface area contributed by atoms with E-state index in [1.807, 2.05) is 0 Å². The smallest absolute Gasteiger partial charge is 0.419 e. The van der Waals surface area contributed by atoms with E-state index in [9.17, 15) is 22.4 Å². The molecule has 0 saturated carbocycles. The van der Waals surface area contributed by atoms with E-state index in [0.717, 1.165) is 13.2 Å². The number of methoxy groups -OCH3 is 1. The van der Waals surface area contributed by atoms with Gasteiger partial charge >= 0.3 is 6.18 Å². The average molecular weight is 222 g/mol. The van der Waals surface area contributed by atoms with Gasteiger partial charge in [0.15, 0.2) is 6.29 Å². The molecule has 0 aliphatic carbocycles. The van der Waals surface area contributed by atoms with Gasteiger partial charge in [-0.25, -0.2) is 4.39 Å². The Morgan fingerprint density at radius 1 is 1.33 bits per heavy atom. The summed E-state index contributed by atoms with van der Waals surface area (Å²) in [6.07, 6.45) is -4.84. The van der Waals surface area contributed by atoms with E-state index in [4.69, 9.17) is 0 Å². The Kier molecular flexibility index (Phi) is 2.97. The number of rotatable bonds is 2. The van der Waals surface area contributed by atoms with Gasteiger partial charge in [0.05, 0.1) is 18.2 Å². The highest BCUT2D eigenvalue weighted by Crippen LogP contribution is 2.34. The van der Waals surface area contributed by atoms with Crippen molar-refractivity contribution >= 4 is 6.29 Å². The molecule has 0 aliphatic heterocycles. The molecule has 0 unspecified atom stereocenters. The van der Waals surface area contributed by atoms with Crippen molar-refractivity contribution in [3.05, 3.63) is 29.1 Å². The molecule has 0 N–H and O–H groups in total. The summed E-state index contributed by atoms with van der Waals surface area (Å²) >= 11 is 0. The summed E-state index contributed by atoms with van der Waals surface area (Å²) in [6.45, 7) is 0. The fraction of sp³-hybridized carbons (Fsp3) is 0.222. The minimum absolute atomic E-state index is 0.00704. The van der Waals surface area contributed by atoms with Crippen LogP contribution in [0.2, 0.25) is 0 Å². The molecule has 0 aromatic heterocycles. The maximum Gasteiger partial charge on any atom is 0.419 e. The summed E-state index contributed by atoms with van der Waals surface area (Å²) in [5.74, 6) is -1.80. The SMILES string of the molecule is COc1cc(C=O)c(F)c(C(F)(F)F)c1. The van der Waals surface area contributed by atoms with E-state index < -0.39 is 23.1 Å². The molecule has 0 atom stereocenters. The number of ether oxygens (including phenoxy) is 1. The van der Waals surface area contributed by atoms with Crippen LogP contribution < -0.4 is 4.74 Å². The lowest BCUT2D eigenvalue weighted by Gasteiger charge is -2.11. The van der Waals surface area contributed by atoms with Crippen molar-refractivity contribution in [1.29, 1.82) is 0 Å². The highest BCUT2D eigenvalue weighted by molar-refractivity contribution is 5.76. The fourth-order valence-electron chi connectivity index (χ4n) is 1.03. The summed E-state index contributed by atoms with van der Waals surface area (Å²) in [7, 11) is 1.13. The highest BCUT2D eigenvalue weighted by atomic mass is 19.4. The Bertz CT molecular complexity index is 384. The standard InChI is InChI=1S/C9H6F4O2/c1-15-6-2-5(4-14)8(10)7(3-6)9(11,12)13/h2-4H,1H3. The summed E-state index contributed by atoms with van der Waals surface area (Å²) in [5, 5.41) is 0. The molecule has 1 rings (SSSR count). The minimum atomic E-state index is -4.85. The van der Waals surface area contributed by atoms with E-state index in [1.54, 1.807) is 0 Å². The lowest BCUT2D eigenvalue weighted by Crippen LogP contribution is -2.10. The van der Waals surface area contributed by atoms with E-state index in [0.29, 0.717) is 6.07 Å². The van der Waals surface area contributed by atoms with Gasteiger partial charge in [0.1, 0.15) is 11.6 Å². The van der Waals surface area contributed by atoms with Crippen LogP contribution in [0.5, 0.6) is 5.75 Å². The first kappa shape index (κ1) is 11.5. The van der Waals surface area contributed by atoms with Crippen molar-refractivity contribution < 1.29 is 27.1 Å². The Morgan fingerprint density at radius 3 is 2.33 bits per heavy atom. The number of hydrogen-bond acceptors (Lipinski definition) is 2. The van der Waals surface area contributed by atoms with Crippen LogP contribution in [0, 0.1) is 5.82 Å². The van der Waals surface area contributed by atoms with Gasteiger partial charge in [-0.2, -0.15) is 13.2 Å². The van der Waals surface area contributed by atoms with Crippen molar-refractivity contribution in [2.45, 2.75) is 6.18 Å². The van der Waals surface area contributed by atoms with Gasteiger partial charge in [-0.1, -0.05) is 0 Å². The van der Waals surface area contributed by atoms with Crippen LogP contribution >= 0.6 is 0 Å². The van der Waals surface area contributed by atoms with Gasteiger partial charge in [-0.15, -0.1) is 0 Å². The Hall–Kier alpha value is -1.59. The molecule has 0 heterocycles. The summed E-state index contributed by atoms with van der Waals surface area (Å²) < 4.78 is 54.4. The van der Waals surface area contributed by atoms with Crippen molar-refractivity contribution in [3.63, 3.8) is 0 Å². The fourth-order valence-corrected chi connectivity index (χ4v) is 1.03. The quantitative estimate of drug-likeness (QED) is 0.568. The molecule has 0 spiro atoms. The van der Waals surface area contributed by atoms with Gasteiger partial charge in [-0.3, -0.25) is 4.79 Å². The molecule has 0 aliphatic rings. The molecule has 1 aromatic rings. The number of halogens is 4. The Morgan fingerprint density at radius 2 is 1.93 bits per heavy atom. The zero-order chi connectivity index (χ0) is 11.6. The highest BCUT2D eigenvalue weighted by Gasteiger charge is 2.35. The first-order chi connectivity index (χ1) is 6.90. The molecule has 0 amide bonds. The third-order valence-corrected chi connectivity index (χ3v) is 1.74. The third kappa shape index (κ3) is 2.26. The van der Waals surface area contributed by atoms with Gasteiger partial charge in [0.2, 0.25) is 0 Å². The van der Waals surface area contributed by atoms with Crippen molar-refractivity contribution in [2.75, 3.05) is 7.11 Å². The third-order valence-electron chi connectivity index (χ3n) is 1.74. The first-order valence-electron chi connectivity index (χ1n) is 3.80. The predicted molar refractivity (Wildman–Crippen MR) is 43.3 cm³/mol. The van der Waals surface area contributed by atoms with Crippen LogP contribution in [0.3, 0.4) is 0 Å². The second-order valence-corrected chi connectivity index (χ2v) is 2.69. The monoisotopic (exact) mass is 222 g/mol. The molecular formula is C9H6F4O2. The topological polar surface area (TPSA) is 26.3 Å². The molecule has 2 nitrogen and oxygen atoms in total. The summed E-state index contributed by atoms with van der Waals surface area (Å²) in [5.41, 5.74) is -2.19. The van der Waals surface area contributed by atoms with E-state index in [1.165, 1.54) is 0 Å². The number of carbonyl (C=O) groups is 1. The number of hydrogen-bond donors (Lipinski definition) is 0. The molecule has 82 valence electrons. The van der Waals surface area contributed by atoms with Crippen molar-refractivity contribution in [3.8, 4) is 5.75 Å². The van der Waals surface area contributed by atoms with Crippen LogP contribution in [0.4, 0.5) is 17.6 Å². The normalized spacial score (nSPS) is 11.3. The lowest BCUT2D eigenvalue weighted by molar-refractivity contribution is -0.140. The number of carbonyl (C=O) groups excluding carboxylic acids is 1. The maximum absolute atomic E-state index is 13.1. The van der Waals surface area contributed by atoms with Gasteiger partial charge in [-0.05, 0) is 12.1 Å². The van der Waals surface area contributed by atoms with E-state index in [-0.39, 0.29) is 12.0 Å². The van der Waals surface area contributed by atoms with Crippen LogP contribution in [0.1, 0.15) is 15.9 Å². The molecule has 0 radical (unpaired) electrons. The second kappa shape index (κ2) is 3.88. The van der Waals surface area contributed by atoms with Gasteiger partial charge in [0, 0.05) is 0 Å². The lowest BCUT2D eigenvalue weighted by atomic mass is 10.1. The zero-order valence-corrected chi connectivity index (χ0v) is 7.56. The largest absolute Gasteiger partial charge is 0.497 e. The molecular weight excluding hydrogens is 216 g/mol. The number of alkyl halides is 3. The second-order valence-electron chi connectivity index (χ2n) is 2.69. The van der Waals surface area contributed by atoms with Crippen LogP contribution in [0.25, 0.3) is 0 Å². The number of aldehydes is 1. The average Bonchev–Trinajstić information content (AvgIpc) is 2.16. The molecule has 0 saturated heterocycles. The Labute approximate surface area is 82.5 Å². The van der Waals surface area contributed by atoms with Crippen molar-refractivity contribution in [1.82, 2.24) is 0 Å². The van der Waals surface area contributed by atoms with E-state index in [2.05, 4.69) is 4.74 Å². The summed E-state index contributed by atoms with van der Waals surface area (Å²) in [6, 6.07) is 1.40. The molecule has 0 bridgehead atoms. The molecule has 0 fully saturated rings. The van der Waals surface area contributed by atoms with Crippen LogP contribution in [0.15, 0.2) is 12.1 Å². The molecule has 15 heavy (non-hydrogen) atoms. The van der Waals surface area contributed by atoms with Crippen LogP contribution in [-0.4, -0.2) is 13.4 Å². The van der Waals surface area contributed by atoms with Gasteiger partial charge in [0.25, 0.3) is 0 Å². The minimum Gasteiger partial charge on any atom is -0.497 e. The molecule has 6 heteroatoms. The van der Waals surface area contributed by atoms with Crippen molar-refractivity contribution in [2.24, 2.45) is 0 Å². The van der Waals surface area contributed by atoms with Crippen LogP contribution in [-0.2, 0) is 6.18 Å². The molecule has 1 aromatic carbocycles. The predicted octanol–water partition coefficient (Wildman–Crippen LogP) is 2.67.